The molecule has 0 saturated carbocycles. The molecule has 0 spiro atoms. The van der Waals surface area contributed by atoms with Crippen molar-refractivity contribution >= 4 is 26.8 Å². The Morgan fingerprint density at radius 1 is 0.970 bits per heavy atom. The number of nitrogens with zero attached hydrogens (tertiary/aromatic N) is 2. The lowest BCUT2D eigenvalue weighted by molar-refractivity contribution is -0.00862. The van der Waals surface area contributed by atoms with Crippen molar-refractivity contribution in [2.75, 3.05) is 20.6 Å². The molecule has 33 heavy (non-hydrogen) atoms. The van der Waals surface area contributed by atoms with Gasteiger partial charge in [0.15, 0.2) is 0 Å². The van der Waals surface area contributed by atoms with E-state index >= 15 is 0 Å². The van der Waals surface area contributed by atoms with Crippen LogP contribution >= 0.6 is 15.9 Å². The lowest BCUT2D eigenvalue weighted by atomic mass is 9.73. The van der Waals surface area contributed by atoms with E-state index in [2.05, 4.69) is 28.1 Å². The van der Waals surface area contributed by atoms with Gasteiger partial charge in [-0.1, -0.05) is 64.5 Å². The number of rotatable bonds is 8. The van der Waals surface area contributed by atoms with Crippen LogP contribution in [0.25, 0.3) is 10.9 Å². The van der Waals surface area contributed by atoms with E-state index in [4.69, 9.17) is 4.98 Å². The van der Waals surface area contributed by atoms with Gasteiger partial charge in [0.1, 0.15) is 5.82 Å². The number of halogens is 2. The largest absolute Gasteiger partial charge is 0.384 e. The van der Waals surface area contributed by atoms with Crippen molar-refractivity contribution in [2.45, 2.75) is 24.4 Å². The molecule has 3 nitrogen and oxygen atoms in total. The van der Waals surface area contributed by atoms with Crippen molar-refractivity contribution in [3.8, 4) is 0 Å². The highest BCUT2D eigenvalue weighted by atomic mass is 79.9. The summed E-state index contributed by atoms with van der Waals surface area (Å²) >= 11 is 3.52. The molecule has 0 bridgehead atoms. The van der Waals surface area contributed by atoms with Crippen molar-refractivity contribution in [1.29, 1.82) is 0 Å². The van der Waals surface area contributed by atoms with E-state index in [-0.39, 0.29) is 11.7 Å². The number of aromatic nitrogens is 1. The van der Waals surface area contributed by atoms with Gasteiger partial charge in [-0.05, 0) is 74.5 Å². The average Bonchev–Trinajstić information content (AvgIpc) is 2.81. The molecule has 3 aromatic carbocycles. The van der Waals surface area contributed by atoms with E-state index < -0.39 is 5.60 Å². The summed E-state index contributed by atoms with van der Waals surface area (Å²) < 4.78 is 15.3. The maximum absolute atomic E-state index is 14.3. The van der Waals surface area contributed by atoms with E-state index in [0.717, 1.165) is 26.6 Å². The number of fused-ring (bicyclic) bond motifs is 1. The molecule has 1 unspecified atom stereocenters. The standard InChI is InChI=1S/C28H28BrFN2O/c1-32(2)16-15-28(33,22-9-6-10-24(30)19-22)25(17-20-7-4-3-5-8-20)27-13-11-21-18-23(29)12-14-26(21)31-27/h3-14,18-19,25,33H,15-17H2,1-2H3/t25?,28-/m0/s1. The fraction of sp³-hybridized carbons (Fsp3) is 0.250. The predicted octanol–water partition coefficient (Wildman–Crippen LogP) is 6.30. The molecule has 0 radical (unpaired) electrons. The van der Waals surface area contributed by atoms with E-state index in [1.54, 1.807) is 6.07 Å². The zero-order chi connectivity index (χ0) is 23.4. The summed E-state index contributed by atoms with van der Waals surface area (Å²) in [5, 5.41) is 13.3. The third-order valence-electron chi connectivity index (χ3n) is 6.15. The minimum atomic E-state index is -1.31. The number of pyridine rings is 1. The summed E-state index contributed by atoms with van der Waals surface area (Å²) in [6.07, 6.45) is 1.03. The van der Waals surface area contributed by atoms with Gasteiger partial charge in [-0.2, -0.15) is 0 Å². The van der Waals surface area contributed by atoms with Crippen molar-refractivity contribution in [3.05, 3.63) is 112 Å². The lowest BCUT2D eigenvalue weighted by Gasteiger charge is -2.38. The third-order valence-corrected chi connectivity index (χ3v) is 6.65. The monoisotopic (exact) mass is 506 g/mol. The summed E-state index contributed by atoms with van der Waals surface area (Å²) in [7, 11) is 3.95. The Balaban J connectivity index is 1.87. The van der Waals surface area contributed by atoms with Crippen LogP contribution in [0.5, 0.6) is 0 Å². The smallest absolute Gasteiger partial charge is 0.123 e. The highest BCUT2D eigenvalue weighted by Gasteiger charge is 2.40. The van der Waals surface area contributed by atoms with Gasteiger partial charge in [-0.25, -0.2) is 4.39 Å². The van der Waals surface area contributed by atoms with Gasteiger partial charge in [0.05, 0.1) is 11.1 Å². The second-order valence-electron chi connectivity index (χ2n) is 8.80. The molecule has 2 atom stereocenters. The molecule has 0 aliphatic heterocycles. The molecule has 5 heteroatoms. The minimum Gasteiger partial charge on any atom is -0.384 e. The van der Waals surface area contributed by atoms with E-state index in [1.165, 1.54) is 12.1 Å². The molecule has 0 fully saturated rings. The van der Waals surface area contributed by atoms with Gasteiger partial charge in [0.2, 0.25) is 0 Å². The van der Waals surface area contributed by atoms with Gasteiger partial charge in [0, 0.05) is 28.0 Å². The molecule has 1 N–H and O–H groups in total. The third kappa shape index (κ3) is 5.49. The Morgan fingerprint density at radius 3 is 2.48 bits per heavy atom. The second-order valence-corrected chi connectivity index (χ2v) is 9.72. The Morgan fingerprint density at radius 2 is 1.76 bits per heavy atom. The first-order chi connectivity index (χ1) is 15.8. The van der Waals surface area contributed by atoms with Crippen LogP contribution in [0.2, 0.25) is 0 Å². The molecule has 1 aromatic heterocycles. The molecule has 0 saturated heterocycles. The fourth-order valence-corrected chi connectivity index (χ4v) is 4.72. The summed E-state index contributed by atoms with van der Waals surface area (Å²) in [6.45, 7) is 0.652. The number of benzene rings is 3. The molecule has 0 aliphatic rings. The van der Waals surface area contributed by atoms with E-state index in [9.17, 15) is 9.50 Å². The van der Waals surface area contributed by atoms with Crippen LogP contribution in [-0.4, -0.2) is 35.6 Å². The Labute approximate surface area is 203 Å². The molecule has 1 heterocycles. The van der Waals surface area contributed by atoms with Gasteiger partial charge in [-0.15, -0.1) is 0 Å². The number of hydrogen-bond acceptors (Lipinski definition) is 3. The van der Waals surface area contributed by atoms with Gasteiger partial charge in [0.25, 0.3) is 0 Å². The quantitative estimate of drug-likeness (QED) is 0.304. The number of hydrogen-bond donors (Lipinski definition) is 1. The first-order valence-electron chi connectivity index (χ1n) is 11.1. The van der Waals surface area contributed by atoms with Gasteiger partial charge < -0.3 is 10.0 Å². The maximum Gasteiger partial charge on any atom is 0.123 e. The van der Waals surface area contributed by atoms with Crippen molar-refractivity contribution in [1.82, 2.24) is 9.88 Å². The zero-order valence-corrected chi connectivity index (χ0v) is 20.5. The van der Waals surface area contributed by atoms with Crippen LogP contribution in [-0.2, 0) is 12.0 Å². The summed E-state index contributed by atoms with van der Waals surface area (Å²) in [5.74, 6) is -0.722. The van der Waals surface area contributed by atoms with Crippen molar-refractivity contribution in [2.24, 2.45) is 0 Å². The number of aliphatic hydroxyl groups is 1. The van der Waals surface area contributed by atoms with Crippen LogP contribution in [0.1, 0.15) is 29.2 Å². The first-order valence-corrected chi connectivity index (χ1v) is 11.9. The van der Waals surface area contributed by atoms with Crippen LogP contribution < -0.4 is 0 Å². The molecule has 170 valence electrons. The Kier molecular flexibility index (Phi) is 7.23. The topological polar surface area (TPSA) is 36.4 Å². The van der Waals surface area contributed by atoms with Gasteiger partial charge in [-0.3, -0.25) is 4.98 Å². The maximum atomic E-state index is 14.3. The first kappa shape index (κ1) is 23.6. The normalized spacial score (nSPS) is 14.4. The molecule has 4 aromatic rings. The second kappa shape index (κ2) is 10.1. The SMILES string of the molecule is CN(C)CC[C@](O)(c1cccc(F)c1)C(Cc1ccccc1)c1ccc2cc(Br)ccc2n1. The van der Waals surface area contributed by atoms with Crippen LogP contribution in [0.4, 0.5) is 4.39 Å². The van der Waals surface area contributed by atoms with Crippen LogP contribution in [0.3, 0.4) is 0 Å². The van der Waals surface area contributed by atoms with Gasteiger partial charge >= 0.3 is 0 Å². The Bertz CT molecular complexity index is 1230. The lowest BCUT2D eigenvalue weighted by Crippen LogP contribution is -2.38. The van der Waals surface area contributed by atoms with Crippen LogP contribution in [0, 0.1) is 5.82 Å². The van der Waals surface area contributed by atoms with E-state index in [1.807, 2.05) is 73.6 Å². The fourth-order valence-electron chi connectivity index (χ4n) is 4.35. The summed E-state index contributed by atoms with van der Waals surface area (Å²) in [5.41, 5.74) is 2.02. The van der Waals surface area contributed by atoms with Crippen LogP contribution in [0.15, 0.2) is 89.4 Å². The molecular weight excluding hydrogens is 479 g/mol. The highest BCUT2D eigenvalue weighted by molar-refractivity contribution is 9.10. The molecule has 0 aliphatic carbocycles. The van der Waals surface area contributed by atoms with E-state index in [0.29, 0.717) is 24.9 Å². The molecule has 4 rings (SSSR count). The Hall–Kier alpha value is -2.60. The molecular formula is C28H28BrFN2O. The van der Waals surface area contributed by atoms with Crippen molar-refractivity contribution < 1.29 is 9.50 Å². The average molecular weight is 507 g/mol. The summed E-state index contributed by atoms with van der Waals surface area (Å²) in [6, 6.07) is 26.4. The minimum absolute atomic E-state index is 0.356. The predicted molar refractivity (Wildman–Crippen MR) is 136 cm³/mol. The summed E-state index contributed by atoms with van der Waals surface area (Å²) in [4.78, 5) is 7.00. The zero-order valence-electron chi connectivity index (χ0n) is 18.9. The highest BCUT2D eigenvalue weighted by Crippen LogP contribution is 2.42. The molecule has 0 amide bonds. The van der Waals surface area contributed by atoms with Crippen molar-refractivity contribution in [3.63, 3.8) is 0 Å².